The van der Waals surface area contributed by atoms with Crippen LogP contribution in [0.15, 0.2) is 36.7 Å². The summed E-state index contributed by atoms with van der Waals surface area (Å²) in [6.45, 7) is 3.53. The molecule has 168 valence electrons. The van der Waals surface area contributed by atoms with E-state index in [0.717, 1.165) is 6.42 Å². The highest BCUT2D eigenvalue weighted by atomic mass is 35.5. The van der Waals surface area contributed by atoms with Gasteiger partial charge in [-0.1, -0.05) is 18.5 Å². The number of urea groups is 1. The van der Waals surface area contributed by atoms with Gasteiger partial charge >= 0.3 is 6.03 Å². The molecule has 1 aliphatic heterocycles. The van der Waals surface area contributed by atoms with Gasteiger partial charge in [0.25, 0.3) is 0 Å². The second-order valence-electron chi connectivity index (χ2n) is 7.05. The summed E-state index contributed by atoms with van der Waals surface area (Å²) in [5, 5.41) is 6.52. The fraction of sp³-hybridized carbons (Fsp3) is 0.286. The van der Waals surface area contributed by atoms with E-state index in [-0.39, 0.29) is 11.1 Å². The lowest BCUT2D eigenvalue weighted by Gasteiger charge is -2.18. The van der Waals surface area contributed by atoms with E-state index in [1.165, 1.54) is 18.5 Å². The standard InChI is InChI=1S/C21H22ClFN6O3/c1-2-26-29-21(30)28-18-8-14-17(9-19(18)32-13-5-6-31-10-13)24-11-25-20(14)27-12-3-4-16(23)15(22)7-12/h3-4,7-9,11,13,26H,2,5-6,10H2,1H3,(H,24,25,27)(H2,28,29,30). The minimum absolute atomic E-state index is 0.00900. The molecule has 2 aromatic carbocycles. The molecule has 4 rings (SSSR count). The molecule has 1 fully saturated rings. The smallest absolute Gasteiger partial charge is 0.333 e. The number of halogens is 2. The number of amides is 2. The summed E-state index contributed by atoms with van der Waals surface area (Å²) in [5.41, 5.74) is 6.88. The third-order valence-electron chi connectivity index (χ3n) is 4.73. The van der Waals surface area contributed by atoms with Crippen molar-refractivity contribution in [2.45, 2.75) is 19.4 Å². The number of nitrogens with one attached hydrogen (secondary N) is 4. The lowest BCUT2D eigenvalue weighted by atomic mass is 10.1. The topological polar surface area (TPSA) is 109 Å². The highest BCUT2D eigenvalue weighted by Crippen LogP contribution is 2.35. The van der Waals surface area contributed by atoms with E-state index in [4.69, 9.17) is 21.1 Å². The third-order valence-corrected chi connectivity index (χ3v) is 5.02. The van der Waals surface area contributed by atoms with Crippen LogP contribution >= 0.6 is 11.6 Å². The Hall–Kier alpha value is -3.21. The summed E-state index contributed by atoms with van der Waals surface area (Å²) in [6.07, 6.45) is 2.04. The van der Waals surface area contributed by atoms with Crippen LogP contribution in [0.4, 0.5) is 26.4 Å². The van der Waals surface area contributed by atoms with E-state index in [2.05, 4.69) is 31.5 Å². The van der Waals surface area contributed by atoms with Crippen LogP contribution in [0.25, 0.3) is 10.9 Å². The molecule has 11 heteroatoms. The number of rotatable bonds is 7. The first kappa shape index (κ1) is 22.0. The zero-order valence-corrected chi connectivity index (χ0v) is 18.0. The summed E-state index contributed by atoms with van der Waals surface area (Å²) in [6, 6.07) is 7.29. The summed E-state index contributed by atoms with van der Waals surface area (Å²) < 4.78 is 25.0. The van der Waals surface area contributed by atoms with Gasteiger partial charge in [0.05, 0.1) is 29.4 Å². The average molecular weight is 461 g/mol. The van der Waals surface area contributed by atoms with Crippen molar-refractivity contribution in [2.24, 2.45) is 0 Å². The van der Waals surface area contributed by atoms with Crippen molar-refractivity contribution in [1.82, 2.24) is 20.8 Å². The van der Waals surface area contributed by atoms with Crippen LogP contribution in [0.5, 0.6) is 5.75 Å². The minimum Gasteiger partial charge on any atom is -0.486 e. The molecule has 1 aliphatic rings. The molecule has 0 aliphatic carbocycles. The molecule has 4 N–H and O–H groups in total. The Morgan fingerprint density at radius 2 is 2.19 bits per heavy atom. The number of nitrogens with zero attached hydrogens (tertiary/aromatic N) is 2. The Morgan fingerprint density at radius 1 is 1.31 bits per heavy atom. The highest BCUT2D eigenvalue weighted by Gasteiger charge is 2.21. The van der Waals surface area contributed by atoms with Gasteiger partial charge in [-0.25, -0.2) is 24.6 Å². The van der Waals surface area contributed by atoms with Gasteiger partial charge in [0, 0.05) is 30.1 Å². The van der Waals surface area contributed by atoms with Crippen molar-refractivity contribution < 1.29 is 18.7 Å². The van der Waals surface area contributed by atoms with Crippen LogP contribution in [0.2, 0.25) is 5.02 Å². The first-order chi connectivity index (χ1) is 15.5. The first-order valence-corrected chi connectivity index (χ1v) is 10.5. The van der Waals surface area contributed by atoms with E-state index in [1.807, 2.05) is 6.92 Å². The quantitative estimate of drug-likeness (QED) is 0.395. The minimum atomic E-state index is -0.513. The Morgan fingerprint density at radius 3 is 2.94 bits per heavy atom. The summed E-state index contributed by atoms with van der Waals surface area (Å²) >= 11 is 5.89. The molecule has 1 saturated heterocycles. The SMILES string of the molecule is CCNNC(=O)Nc1cc2c(Nc3ccc(F)c(Cl)c3)ncnc2cc1OC1CCOC1. The number of hydrogen-bond acceptors (Lipinski definition) is 7. The first-order valence-electron chi connectivity index (χ1n) is 10.1. The Balaban J connectivity index is 1.70. The van der Waals surface area contributed by atoms with Gasteiger partial charge in [0.15, 0.2) is 0 Å². The van der Waals surface area contributed by atoms with Crippen LogP contribution < -0.4 is 26.2 Å². The number of anilines is 3. The number of ether oxygens (including phenoxy) is 2. The summed E-state index contributed by atoms with van der Waals surface area (Å²) in [4.78, 5) is 20.9. The van der Waals surface area contributed by atoms with Gasteiger partial charge in [0.1, 0.15) is 29.8 Å². The van der Waals surface area contributed by atoms with Gasteiger partial charge in [-0.05, 0) is 24.3 Å². The van der Waals surface area contributed by atoms with Crippen LogP contribution in [0.1, 0.15) is 13.3 Å². The lowest BCUT2D eigenvalue weighted by molar-refractivity contribution is 0.142. The Kier molecular flexibility index (Phi) is 6.84. The van der Waals surface area contributed by atoms with E-state index in [9.17, 15) is 9.18 Å². The molecule has 0 bridgehead atoms. The maximum Gasteiger partial charge on any atom is 0.333 e. The molecule has 0 spiro atoms. The number of fused-ring (bicyclic) bond motifs is 1. The molecular weight excluding hydrogens is 439 g/mol. The normalized spacial score (nSPS) is 15.5. The maximum absolute atomic E-state index is 13.5. The number of benzene rings is 2. The Bertz CT molecular complexity index is 1130. The predicted octanol–water partition coefficient (Wildman–Crippen LogP) is 3.98. The van der Waals surface area contributed by atoms with Crippen molar-refractivity contribution >= 4 is 45.7 Å². The van der Waals surface area contributed by atoms with Crippen molar-refractivity contribution in [1.29, 1.82) is 0 Å². The van der Waals surface area contributed by atoms with Crippen molar-refractivity contribution in [3.05, 3.63) is 47.5 Å². The lowest BCUT2D eigenvalue weighted by Crippen LogP contribution is -2.40. The number of carbonyl (C=O) groups excluding carboxylic acids is 1. The highest BCUT2D eigenvalue weighted by molar-refractivity contribution is 6.31. The second kappa shape index (κ2) is 9.94. The van der Waals surface area contributed by atoms with Crippen molar-refractivity contribution in [2.75, 3.05) is 30.4 Å². The molecule has 2 heterocycles. The number of hydrazine groups is 1. The molecule has 0 radical (unpaired) electrons. The molecule has 1 atom stereocenters. The van der Waals surface area contributed by atoms with Gasteiger partial charge in [-0.3, -0.25) is 5.43 Å². The molecule has 32 heavy (non-hydrogen) atoms. The van der Waals surface area contributed by atoms with Crippen molar-refractivity contribution in [3.63, 3.8) is 0 Å². The molecule has 1 unspecified atom stereocenters. The zero-order chi connectivity index (χ0) is 22.5. The summed E-state index contributed by atoms with van der Waals surface area (Å²) in [5.74, 6) is 0.415. The van der Waals surface area contributed by atoms with E-state index in [1.54, 1.807) is 18.2 Å². The Labute approximate surface area is 188 Å². The zero-order valence-electron chi connectivity index (χ0n) is 17.2. The molecular formula is C21H22ClFN6O3. The fourth-order valence-electron chi connectivity index (χ4n) is 3.20. The van der Waals surface area contributed by atoms with Crippen LogP contribution in [-0.4, -0.2) is 41.9 Å². The maximum atomic E-state index is 13.5. The van der Waals surface area contributed by atoms with E-state index >= 15 is 0 Å². The average Bonchev–Trinajstić information content (AvgIpc) is 3.29. The summed E-state index contributed by atoms with van der Waals surface area (Å²) in [7, 11) is 0. The van der Waals surface area contributed by atoms with Crippen LogP contribution in [-0.2, 0) is 4.74 Å². The van der Waals surface area contributed by atoms with Gasteiger partial charge in [-0.15, -0.1) is 0 Å². The van der Waals surface area contributed by atoms with E-state index < -0.39 is 11.8 Å². The van der Waals surface area contributed by atoms with E-state index in [0.29, 0.717) is 53.6 Å². The molecule has 1 aromatic heterocycles. The largest absolute Gasteiger partial charge is 0.486 e. The van der Waals surface area contributed by atoms with Gasteiger partial charge in [0.2, 0.25) is 0 Å². The second-order valence-corrected chi connectivity index (χ2v) is 7.46. The predicted molar refractivity (Wildman–Crippen MR) is 120 cm³/mol. The molecule has 2 amide bonds. The number of aromatic nitrogens is 2. The van der Waals surface area contributed by atoms with Crippen LogP contribution in [0, 0.1) is 5.82 Å². The van der Waals surface area contributed by atoms with Gasteiger partial charge < -0.3 is 20.1 Å². The fourth-order valence-corrected chi connectivity index (χ4v) is 3.38. The number of hydrogen-bond donors (Lipinski definition) is 4. The monoisotopic (exact) mass is 460 g/mol. The molecule has 3 aromatic rings. The van der Waals surface area contributed by atoms with Crippen LogP contribution in [0.3, 0.4) is 0 Å². The molecule has 9 nitrogen and oxygen atoms in total. The third kappa shape index (κ3) is 5.16. The van der Waals surface area contributed by atoms with Crippen molar-refractivity contribution in [3.8, 4) is 5.75 Å². The molecule has 0 saturated carbocycles. The van der Waals surface area contributed by atoms with Gasteiger partial charge in [-0.2, -0.15) is 0 Å². The number of carbonyl (C=O) groups is 1.